The highest BCUT2D eigenvalue weighted by Gasteiger charge is 2.15. The van der Waals surface area contributed by atoms with Gasteiger partial charge in [0.15, 0.2) is 11.5 Å². The van der Waals surface area contributed by atoms with Crippen molar-refractivity contribution in [1.29, 1.82) is 0 Å². The summed E-state index contributed by atoms with van der Waals surface area (Å²) in [6.07, 6.45) is 7.04. The molecule has 2 aromatic rings. The number of rotatable bonds is 10. The number of hydrogen-bond acceptors (Lipinski definition) is 3. The number of hydrogen-bond donors (Lipinski definition) is 0. The minimum Gasteiger partial charge on any atom is -0.493 e. The minimum absolute atomic E-state index is 0.682. The lowest BCUT2D eigenvalue weighted by atomic mass is 10.0. The molecule has 0 aromatic heterocycles. The third-order valence-electron chi connectivity index (χ3n) is 4.29. The molecule has 0 aliphatic heterocycles. The van der Waals surface area contributed by atoms with Gasteiger partial charge in [0.1, 0.15) is 0 Å². The molecule has 0 spiro atoms. The SMILES string of the molecule is COc1ccc(CCCCCCc2ccccc2)c(OC)c1OC. The van der Waals surface area contributed by atoms with Gasteiger partial charge in [-0.15, -0.1) is 0 Å². The highest BCUT2D eigenvalue weighted by molar-refractivity contribution is 5.55. The number of methoxy groups -OCH3 is 3. The zero-order chi connectivity index (χ0) is 17.2. The molecule has 130 valence electrons. The summed E-state index contributed by atoms with van der Waals surface area (Å²) < 4.78 is 16.3. The first-order chi connectivity index (χ1) is 11.8. The van der Waals surface area contributed by atoms with Gasteiger partial charge in [0.25, 0.3) is 0 Å². The Balaban J connectivity index is 1.79. The maximum Gasteiger partial charge on any atom is 0.203 e. The van der Waals surface area contributed by atoms with Gasteiger partial charge in [-0.3, -0.25) is 0 Å². The Bertz CT molecular complexity index is 608. The third-order valence-corrected chi connectivity index (χ3v) is 4.29. The molecule has 0 saturated carbocycles. The summed E-state index contributed by atoms with van der Waals surface area (Å²) in [5.74, 6) is 2.18. The Morgan fingerprint density at radius 2 is 1.29 bits per heavy atom. The average Bonchev–Trinajstić information content (AvgIpc) is 2.64. The first kappa shape index (κ1) is 18.2. The molecule has 0 fully saturated rings. The molecule has 0 aliphatic carbocycles. The number of unbranched alkanes of at least 4 members (excludes halogenated alkanes) is 3. The molecule has 0 atom stereocenters. The molecule has 0 saturated heterocycles. The second-order valence-electron chi connectivity index (χ2n) is 5.89. The fraction of sp³-hybridized carbons (Fsp3) is 0.429. The zero-order valence-electron chi connectivity index (χ0n) is 15.0. The summed E-state index contributed by atoms with van der Waals surface area (Å²) in [6.45, 7) is 0. The zero-order valence-corrected chi connectivity index (χ0v) is 15.0. The lowest BCUT2D eigenvalue weighted by Crippen LogP contribution is -1.99. The van der Waals surface area contributed by atoms with Crippen molar-refractivity contribution in [3.05, 3.63) is 53.6 Å². The van der Waals surface area contributed by atoms with E-state index in [9.17, 15) is 0 Å². The van der Waals surface area contributed by atoms with Crippen molar-refractivity contribution in [2.75, 3.05) is 21.3 Å². The van der Waals surface area contributed by atoms with Crippen molar-refractivity contribution >= 4 is 0 Å². The standard InChI is InChI=1S/C21H28O3/c1-22-19-16-15-18(20(23-2)21(19)24-3)14-10-5-4-7-11-17-12-8-6-9-13-17/h6,8-9,12-13,15-16H,4-5,7,10-11,14H2,1-3H3. The second kappa shape index (κ2) is 9.86. The molecule has 2 rings (SSSR count). The predicted molar refractivity (Wildman–Crippen MR) is 98.4 cm³/mol. The molecule has 2 aromatic carbocycles. The quantitative estimate of drug-likeness (QED) is 0.571. The van der Waals surface area contributed by atoms with Crippen molar-refractivity contribution in [2.45, 2.75) is 38.5 Å². The third kappa shape index (κ3) is 4.92. The highest BCUT2D eigenvalue weighted by Crippen LogP contribution is 2.40. The summed E-state index contributed by atoms with van der Waals surface area (Å²) in [7, 11) is 4.97. The Labute approximate surface area is 145 Å². The van der Waals surface area contributed by atoms with Crippen molar-refractivity contribution in [2.24, 2.45) is 0 Å². The van der Waals surface area contributed by atoms with Crippen LogP contribution < -0.4 is 14.2 Å². The minimum atomic E-state index is 0.682. The van der Waals surface area contributed by atoms with E-state index in [1.54, 1.807) is 21.3 Å². The average molecular weight is 328 g/mol. The molecule has 0 unspecified atom stereocenters. The van der Waals surface area contributed by atoms with E-state index in [1.165, 1.54) is 36.8 Å². The molecule has 0 bridgehead atoms. The van der Waals surface area contributed by atoms with Crippen LogP contribution in [0.15, 0.2) is 42.5 Å². The summed E-state index contributed by atoms with van der Waals surface area (Å²) in [5, 5.41) is 0. The van der Waals surface area contributed by atoms with Gasteiger partial charge in [0.2, 0.25) is 5.75 Å². The van der Waals surface area contributed by atoms with Crippen LogP contribution in [0, 0.1) is 0 Å². The van der Waals surface area contributed by atoms with Gasteiger partial charge in [-0.05, 0) is 42.9 Å². The molecule has 24 heavy (non-hydrogen) atoms. The lowest BCUT2D eigenvalue weighted by molar-refractivity contribution is 0.322. The molecule has 0 N–H and O–H groups in total. The monoisotopic (exact) mass is 328 g/mol. The largest absolute Gasteiger partial charge is 0.493 e. The Morgan fingerprint density at radius 3 is 1.92 bits per heavy atom. The lowest BCUT2D eigenvalue weighted by Gasteiger charge is -2.15. The number of benzene rings is 2. The van der Waals surface area contributed by atoms with Gasteiger partial charge in [0.05, 0.1) is 21.3 Å². The second-order valence-corrected chi connectivity index (χ2v) is 5.89. The number of ether oxygens (including phenoxy) is 3. The predicted octanol–water partition coefficient (Wildman–Crippen LogP) is 5.06. The summed E-state index contributed by atoms with van der Waals surface area (Å²) >= 11 is 0. The Morgan fingerprint density at radius 1 is 0.625 bits per heavy atom. The van der Waals surface area contributed by atoms with Crippen LogP contribution in [0.4, 0.5) is 0 Å². The van der Waals surface area contributed by atoms with Crippen LogP contribution in [0.2, 0.25) is 0 Å². The Hall–Kier alpha value is -2.16. The van der Waals surface area contributed by atoms with E-state index in [4.69, 9.17) is 14.2 Å². The molecular weight excluding hydrogens is 300 g/mol. The van der Waals surface area contributed by atoms with E-state index in [1.807, 2.05) is 6.07 Å². The first-order valence-corrected chi connectivity index (χ1v) is 8.62. The molecule has 3 heteroatoms. The van der Waals surface area contributed by atoms with E-state index in [-0.39, 0.29) is 0 Å². The van der Waals surface area contributed by atoms with Crippen molar-refractivity contribution in [3.63, 3.8) is 0 Å². The van der Waals surface area contributed by atoms with Crippen LogP contribution in [0.25, 0.3) is 0 Å². The molecule has 0 radical (unpaired) electrons. The van der Waals surface area contributed by atoms with Crippen LogP contribution in [-0.2, 0) is 12.8 Å². The van der Waals surface area contributed by atoms with Gasteiger partial charge >= 0.3 is 0 Å². The van der Waals surface area contributed by atoms with Crippen molar-refractivity contribution in [1.82, 2.24) is 0 Å². The molecular formula is C21H28O3. The highest BCUT2D eigenvalue weighted by atomic mass is 16.5. The van der Waals surface area contributed by atoms with Crippen LogP contribution in [0.5, 0.6) is 17.2 Å². The van der Waals surface area contributed by atoms with Gasteiger partial charge in [-0.1, -0.05) is 49.2 Å². The Kier molecular flexibility index (Phi) is 7.47. The van der Waals surface area contributed by atoms with Crippen LogP contribution in [0.1, 0.15) is 36.8 Å². The topological polar surface area (TPSA) is 27.7 Å². The normalized spacial score (nSPS) is 10.5. The summed E-state index contributed by atoms with van der Waals surface area (Å²) in [4.78, 5) is 0. The molecule has 3 nitrogen and oxygen atoms in total. The molecule has 0 aliphatic rings. The summed E-state index contributed by atoms with van der Waals surface area (Å²) in [5.41, 5.74) is 2.61. The summed E-state index contributed by atoms with van der Waals surface area (Å²) in [6, 6.07) is 14.7. The van der Waals surface area contributed by atoms with Crippen LogP contribution >= 0.6 is 0 Å². The molecule has 0 heterocycles. The van der Waals surface area contributed by atoms with E-state index in [0.717, 1.165) is 18.6 Å². The van der Waals surface area contributed by atoms with Crippen molar-refractivity contribution in [3.8, 4) is 17.2 Å². The van der Waals surface area contributed by atoms with Gasteiger partial charge < -0.3 is 14.2 Å². The van der Waals surface area contributed by atoms with Crippen LogP contribution in [0.3, 0.4) is 0 Å². The fourth-order valence-corrected chi connectivity index (χ4v) is 3.00. The van der Waals surface area contributed by atoms with E-state index in [2.05, 4.69) is 36.4 Å². The van der Waals surface area contributed by atoms with E-state index in [0.29, 0.717) is 11.5 Å². The van der Waals surface area contributed by atoms with E-state index >= 15 is 0 Å². The van der Waals surface area contributed by atoms with Gasteiger partial charge in [-0.2, -0.15) is 0 Å². The number of aryl methyl sites for hydroxylation is 2. The smallest absolute Gasteiger partial charge is 0.203 e. The first-order valence-electron chi connectivity index (χ1n) is 8.62. The fourth-order valence-electron chi connectivity index (χ4n) is 3.00. The van der Waals surface area contributed by atoms with Gasteiger partial charge in [0, 0.05) is 0 Å². The van der Waals surface area contributed by atoms with Gasteiger partial charge in [-0.25, -0.2) is 0 Å². The van der Waals surface area contributed by atoms with Crippen molar-refractivity contribution < 1.29 is 14.2 Å². The van der Waals surface area contributed by atoms with Crippen LogP contribution in [-0.4, -0.2) is 21.3 Å². The van der Waals surface area contributed by atoms with E-state index < -0.39 is 0 Å². The maximum absolute atomic E-state index is 5.54. The molecule has 0 amide bonds. The maximum atomic E-state index is 5.54.